The van der Waals surface area contributed by atoms with Crippen molar-refractivity contribution in [1.29, 1.82) is 0 Å². The summed E-state index contributed by atoms with van der Waals surface area (Å²) in [6.45, 7) is 2.54. The Labute approximate surface area is 159 Å². The van der Waals surface area contributed by atoms with Crippen LogP contribution in [0, 0.1) is 17.7 Å². The van der Waals surface area contributed by atoms with Crippen molar-refractivity contribution in [1.82, 2.24) is 4.90 Å². The van der Waals surface area contributed by atoms with Gasteiger partial charge in [-0.3, -0.25) is 9.59 Å². The molecular weight excluding hydrogens is 371 g/mol. The van der Waals surface area contributed by atoms with E-state index in [1.807, 2.05) is 0 Å². The number of likely N-dealkylation sites (tertiary alicyclic amines) is 1. The smallest absolute Gasteiger partial charge is 0.229 e. The normalized spacial score (nSPS) is 26.3. The molecule has 1 N–H and O–H groups in total. The van der Waals surface area contributed by atoms with E-state index in [9.17, 15) is 22.4 Å². The number of nitrogens with zero attached hydrogens (tertiary/aromatic N) is 1. The van der Waals surface area contributed by atoms with Gasteiger partial charge in [-0.15, -0.1) is 0 Å². The van der Waals surface area contributed by atoms with Gasteiger partial charge in [0.05, 0.1) is 16.5 Å². The highest BCUT2D eigenvalue weighted by Crippen LogP contribution is 2.32. The average molecular weight is 396 g/mol. The third kappa shape index (κ3) is 4.48. The second kappa shape index (κ2) is 7.58. The lowest BCUT2D eigenvalue weighted by Crippen LogP contribution is -2.39. The molecule has 0 aromatic heterocycles. The second-order valence-corrected chi connectivity index (χ2v) is 9.78. The highest BCUT2D eigenvalue weighted by molar-refractivity contribution is 7.90. The number of carbonyl (C=O) groups excluding carboxylic acids is 2. The van der Waals surface area contributed by atoms with Gasteiger partial charge in [0.2, 0.25) is 11.8 Å². The Hall–Kier alpha value is -1.96. The van der Waals surface area contributed by atoms with E-state index < -0.39 is 27.5 Å². The molecule has 148 valence electrons. The van der Waals surface area contributed by atoms with E-state index in [0.717, 1.165) is 50.1 Å². The first-order chi connectivity index (χ1) is 12.6. The molecule has 2 amide bonds. The van der Waals surface area contributed by atoms with Gasteiger partial charge in [0.15, 0.2) is 9.84 Å². The molecule has 27 heavy (non-hydrogen) atoms. The van der Waals surface area contributed by atoms with Crippen LogP contribution in [0.3, 0.4) is 0 Å². The molecule has 3 rings (SSSR count). The molecule has 1 atom stereocenters. The fourth-order valence-electron chi connectivity index (χ4n) is 3.88. The van der Waals surface area contributed by atoms with Crippen LogP contribution in [0.1, 0.15) is 39.0 Å². The van der Waals surface area contributed by atoms with Crippen LogP contribution in [-0.2, 0) is 19.4 Å². The zero-order valence-corrected chi connectivity index (χ0v) is 16.4. The van der Waals surface area contributed by atoms with Crippen LogP contribution in [0.4, 0.5) is 10.1 Å². The minimum Gasteiger partial charge on any atom is -0.339 e. The van der Waals surface area contributed by atoms with Crippen LogP contribution < -0.4 is 5.32 Å². The number of benzene rings is 1. The van der Waals surface area contributed by atoms with E-state index in [1.54, 1.807) is 4.90 Å². The lowest BCUT2D eigenvalue weighted by molar-refractivity contribution is -0.130. The van der Waals surface area contributed by atoms with Crippen molar-refractivity contribution in [2.45, 2.75) is 50.0 Å². The topological polar surface area (TPSA) is 83.6 Å². The van der Waals surface area contributed by atoms with Crippen molar-refractivity contribution in [2.75, 3.05) is 18.1 Å². The van der Waals surface area contributed by atoms with Gasteiger partial charge in [-0.2, -0.15) is 0 Å². The first kappa shape index (κ1) is 19.8. The minimum atomic E-state index is -3.51. The molecule has 1 aliphatic heterocycles. The van der Waals surface area contributed by atoms with Crippen molar-refractivity contribution < 1.29 is 22.4 Å². The number of rotatable bonds is 4. The summed E-state index contributed by atoms with van der Waals surface area (Å²) in [5.74, 6) is -1.10. The summed E-state index contributed by atoms with van der Waals surface area (Å²) in [5.41, 5.74) is -0.180. The highest BCUT2D eigenvalue weighted by Gasteiger charge is 2.38. The summed E-state index contributed by atoms with van der Waals surface area (Å²) in [5, 5.41) is 2.46. The first-order valence-electron chi connectivity index (χ1n) is 9.25. The average Bonchev–Trinajstić information content (AvgIpc) is 2.98. The van der Waals surface area contributed by atoms with Crippen LogP contribution >= 0.6 is 0 Å². The predicted octanol–water partition coefficient (Wildman–Crippen LogP) is 2.59. The highest BCUT2D eigenvalue weighted by atomic mass is 32.2. The molecule has 2 aliphatic rings. The van der Waals surface area contributed by atoms with Crippen molar-refractivity contribution in [2.24, 2.45) is 11.8 Å². The van der Waals surface area contributed by atoms with Crippen LogP contribution in [0.25, 0.3) is 0 Å². The van der Waals surface area contributed by atoms with E-state index in [1.165, 1.54) is 0 Å². The number of anilines is 1. The summed E-state index contributed by atoms with van der Waals surface area (Å²) in [7, 11) is -3.51. The number of carbonyl (C=O) groups is 2. The van der Waals surface area contributed by atoms with Crippen LogP contribution in [-0.4, -0.2) is 44.0 Å². The molecular formula is C19H25FN2O4S. The molecule has 0 spiro atoms. The van der Waals surface area contributed by atoms with Gasteiger partial charge in [-0.1, -0.05) is 6.92 Å². The second-order valence-electron chi connectivity index (χ2n) is 7.76. The SMILES string of the molecule is CC1CCC(N2CC(C(=O)Nc3cc(S(C)(=O)=O)ccc3F)CC2=O)CC1. The molecule has 0 radical (unpaired) electrons. The fourth-order valence-corrected chi connectivity index (χ4v) is 4.53. The molecule has 1 saturated heterocycles. The van der Waals surface area contributed by atoms with Gasteiger partial charge in [0.25, 0.3) is 0 Å². The number of halogens is 1. The lowest BCUT2D eigenvalue weighted by atomic mass is 9.87. The Balaban J connectivity index is 1.68. The molecule has 1 unspecified atom stereocenters. The predicted molar refractivity (Wildman–Crippen MR) is 99.4 cm³/mol. The van der Waals surface area contributed by atoms with E-state index in [2.05, 4.69) is 12.2 Å². The van der Waals surface area contributed by atoms with Gasteiger partial charge in [-0.05, 0) is 49.8 Å². The largest absolute Gasteiger partial charge is 0.339 e. The van der Waals surface area contributed by atoms with Crippen LogP contribution in [0.2, 0.25) is 0 Å². The maximum atomic E-state index is 14.0. The molecule has 2 fully saturated rings. The van der Waals surface area contributed by atoms with E-state index >= 15 is 0 Å². The molecule has 8 heteroatoms. The summed E-state index contributed by atoms with van der Waals surface area (Å²) in [4.78, 5) is 26.6. The van der Waals surface area contributed by atoms with Gasteiger partial charge >= 0.3 is 0 Å². The van der Waals surface area contributed by atoms with Crippen molar-refractivity contribution in [3.63, 3.8) is 0 Å². The van der Waals surface area contributed by atoms with Crippen LogP contribution in [0.15, 0.2) is 23.1 Å². The summed E-state index contributed by atoms with van der Waals surface area (Å²) >= 11 is 0. The van der Waals surface area contributed by atoms with Gasteiger partial charge < -0.3 is 10.2 Å². The standard InChI is InChI=1S/C19H25FN2O4S/c1-12-3-5-14(6-4-12)22-11-13(9-18(22)23)19(24)21-17-10-15(27(2,25)26)7-8-16(17)20/h7-8,10,12-14H,3-6,9,11H2,1-2H3,(H,21,24). The molecule has 1 heterocycles. The third-order valence-corrected chi connectivity index (χ3v) is 6.69. The molecule has 6 nitrogen and oxygen atoms in total. The zero-order valence-electron chi connectivity index (χ0n) is 15.6. The van der Waals surface area contributed by atoms with Gasteiger partial charge in [-0.25, -0.2) is 12.8 Å². The zero-order chi connectivity index (χ0) is 19.8. The Kier molecular flexibility index (Phi) is 5.55. The maximum Gasteiger partial charge on any atom is 0.229 e. The summed E-state index contributed by atoms with van der Waals surface area (Å²) < 4.78 is 37.3. The third-order valence-electron chi connectivity index (χ3n) is 5.58. The molecule has 1 aliphatic carbocycles. The number of nitrogens with one attached hydrogen (secondary N) is 1. The van der Waals surface area contributed by atoms with Gasteiger partial charge in [0, 0.05) is 25.3 Å². The number of hydrogen-bond acceptors (Lipinski definition) is 4. The minimum absolute atomic E-state index is 0.0416. The Bertz CT molecular complexity index is 847. The monoisotopic (exact) mass is 396 g/mol. The molecule has 0 bridgehead atoms. The Morgan fingerprint density at radius 2 is 1.89 bits per heavy atom. The van der Waals surface area contributed by atoms with E-state index in [-0.39, 0.29) is 29.0 Å². The Morgan fingerprint density at radius 1 is 1.22 bits per heavy atom. The maximum absolute atomic E-state index is 14.0. The first-order valence-corrected chi connectivity index (χ1v) is 11.1. The fraction of sp³-hybridized carbons (Fsp3) is 0.579. The Morgan fingerprint density at radius 3 is 2.52 bits per heavy atom. The van der Waals surface area contributed by atoms with Gasteiger partial charge in [0.1, 0.15) is 5.82 Å². The van der Waals surface area contributed by atoms with Crippen molar-refractivity contribution in [3.05, 3.63) is 24.0 Å². The molecule has 1 aromatic rings. The van der Waals surface area contributed by atoms with E-state index in [4.69, 9.17) is 0 Å². The molecule has 1 saturated carbocycles. The summed E-state index contributed by atoms with van der Waals surface area (Å²) in [6.07, 6.45) is 5.18. The van der Waals surface area contributed by atoms with E-state index in [0.29, 0.717) is 12.5 Å². The number of amides is 2. The van der Waals surface area contributed by atoms with Crippen molar-refractivity contribution in [3.8, 4) is 0 Å². The molecule has 1 aromatic carbocycles. The number of hydrogen-bond donors (Lipinski definition) is 1. The quantitative estimate of drug-likeness (QED) is 0.793. The van der Waals surface area contributed by atoms with Crippen LogP contribution in [0.5, 0.6) is 0 Å². The van der Waals surface area contributed by atoms with Crippen molar-refractivity contribution >= 4 is 27.3 Å². The summed E-state index contributed by atoms with van der Waals surface area (Å²) in [6, 6.07) is 3.46. The lowest BCUT2D eigenvalue weighted by Gasteiger charge is -2.33. The number of sulfone groups is 1.